The molecule has 1 aromatic rings. The van der Waals surface area contributed by atoms with Crippen LogP contribution in [-0.4, -0.2) is 11.0 Å². The fourth-order valence-electron chi connectivity index (χ4n) is 1.28. The van der Waals surface area contributed by atoms with Crippen molar-refractivity contribution in [3.63, 3.8) is 0 Å². The largest absolute Gasteiger partial charge is 0.359 e. The normalized spacial score (nSPS) is 12.8. The Morgan fingerprint density at radius 1 is 1.54 bits per heavy atom. The number of rotatable bonds is 6. The molecule has 0 bridgehead atoms. The molecule has 1 aromatic heterocycles. The molecule has 0 amide bonds. The monoisotopic (exact) mass is 198 g/mol. The van der Waals surface area contributed by atoms with Crippen LogP contribution in [0.4, 0.5) is 5.13 Å². The molecule has 0 aromatic carbocycles. The molecule has 2 nitrogen and oxygen atoms in total. The fraction of sp³-hybridized carbons (Fsp3) is 0.700. The maximum atomic E-state index is 4.19. The molecule has 1 unspecified atom stereocenters. The minimum Gasteiger partial charge on any atom is -0.359 e. The molecular formula is C10H18N2S. The summed E-state index contributed by atoms with van der Waals surface area (Å²) in [6, 6.07) is 0.553. The van der Waals surface area contributed by atoms with Crippen molar-refractivity contribution in [1.82, 2.24) is 4.98 Å². The predicted octanol–water partition coefficient (Wildman–Crippen LogP) is 3.52. The van der Waals surface area contributed by atoms with Gasteiger partial charge in [-0.05, 0) is 13.3 Å². The number of thiazole rings is 1. The van der Waals surface area contributed by atoms with Crippen molar-refractivity contribution >= 4 is 16.5 Å². The minimum atomic E-state index is 0.553. The lowest BCUT2D eigenvalue weighted by Gasteiger charge is -2.11. The first-order valence-electron chi connectivity index (χ1n) is 4.99. The van der Waals surface area contributed by atoms with E-state index >= 15 is 0 Å². The van der Waals surface area contributed by atoms with E-state index in [0.29, 0.717) is 6.04 Å². The third-order valence-electron chi connectivity index (χ3n) is 2.04. The summed E-state index contributed by atoms with van der Waals surface area (Å²) in [6.07, 6.45) is 7.03. The Balaban J connectivity index is 2.14. The van der Waals surface area contributed by atoms with Crippen LogP contribution in [0.1, 0.15) is 39.5 Å². The van der Waals surface area contributed by atoms with Crippen LogP contribution in [0.3, 0.4) is 0 Å². The van der Waals surface area contributed by atoms with Crippen molar-refractivity contribution < 1.29 is 0 Å². The second-order valence-corrected chi connectivity index (χ2v) is 4.27. The molecular weight excluding hydrogens is 180 g/mol. The lowest BCUT2D eigenvalue weighted by Crippen LogP contribution is -2.14. The Hall–Kier alpha value is -0.570. The predicted molar refractivity (Wildman–Crippen MR) is 59.3 cm³/mol. The molecule has 74 valence electrons. The summed E-state index contributed by atoms with van der Waals surface area (Å²) in [5, 5.41) is 6.43. The number of hydrogen-bond donors (Lipinski definition) is 1. The average Bonchev–Trinajstić information content (AvgIpc) is 2.57. The number of nitrogens with one attached hydrogen (secondary N) is 1. The lowest BCUT2D eigenvalue weighted by atomic mass is 10.1. The van der Waals surface area contributed by atoms with Crippen LogP contribution in [0.5, 0.6) is 0 Å². The Kier molecular flexibility index (Phi) is 4.83. The van der Waals surface area contributed by atoms with E-state index in [0.717, 1.165) is 5.13 Å². The SMILES string of the molecule is CCCCCC(C)Nc1nccs1. The van der Waals surface area contributed by atoms with Gasteiger partial charge in [0.25, 0.3) is 0 Å². The Morgan fingerprint density at radius 3 is 3.00 bits per heavy atom. The number of hydrogen-bond acceptors (Lipinski definition) is 3. The van der Waals surface area contributed by atoms with Gasteiger partial charge in [0.2, 0.25) is 0 Å². The Bertz CT molecular complexity index is 209. The number of anilines is 1. The summed E-state index contributed by atoms with van der Waals surface area (Å²) in [4.78, 5) is 4.19. The summed E-state index contributed by atoms with van der Waals surface area (Å²) >= 11 is 1.67. The zero-order valence-corrected chi connectivity index (χ0v) is 9.23. The van der Waals surface area contributed by atoms with Gasteiger partial charge in [0.15, 0.2) is 5.13 Å². The Morgan fingerprint density at radius 2 is 2.38 bits per heavy atom. The van der Waals surface area contributed by atoms with Crippen molar-refractivity contribution in [2.75, 3.05) is 5.32 Å². The van der Waals surface area contributed by atoms with Gasteiger partial charge < -0.3 is 5.32 Å². The van der Waals surface area contributed by atoms with Crippen LogP contribution >= 0.6 is 11.3 Å². The van der Waals surface area contributed by atoms with Crippen molar-refractivity contribution in [1.29, 1.82) is 0 Å². The van der Waals surface area contributed by atoms with E-state index in [1.165, 1.54) is 25.7 Å². The maximum Gasteiger partial charge on any atom is 0.182 e. The smallest absolute Gasteiger partial charge is 0.182 e. The average molecular weight is 198 g/mol. The number of unbranched alkanes of at least 4 members (excludes halogenated alkanes) is 2. The van der Waals surface area contributed by atoms with Crippen LogP contribution < -0.4 is 5.32 Å². The first-order chi connectivity index (χ1) is 6.33. The third-order valence-corrected chi connectivity index (χ3v) is 2.75. The molecule has 1 N–H and O–H groups in total. The molecule has 1 heterocycles. The lowest BCUT2D eigenvalue weighted by molar-refractivity contribution is 0.615. The van der Waals surface area contributed by atoms with Gasteiger partial charge in [0, 0.05) is 17.6 Å². The van der Waals surface area contributed by atoms with Gasteiger partial charge in [-0.1, -0.05) is 26.2 Å². The van der Waals surface area contributed by atoms with Crippen molar-refractivity contribution in [3.8, 4) is 0 Å². The van der Waals surface area contributed by atoms with Crippen LogP contribution in [0.2, 0.25) is 0 Å². The standard InChI is InChI=1S/C10H18N2S/c1-3-4-5-6-9(2)12-10-11-7-8-13-10/h7-9H,3-6H2,1-2H3,(H,11,12). The zero-order chi connectivity index (χ0) is 9.52. The molecule has 0 saturated heterocycles. The molecule has 1 atom stereocenters. The van der Waals surface area contributed by atoms with Gasteiger partial charge in [-0.2, -0.15) is 0 Å². The summed E-state index contributed by atoms with van der Waals surface area (Å²) in [5.41, 5.74) is 0. The van der Waals surface area contributed by atoms with Gasteiger partial charge >= 0.3 is 0 Å². The van der Waals surface area contributed by atoms with E-state index in [-0.39, 0.29) is 0 Å². The molecule has 0 aliphatic rings. The zero-order valence-electron chi connectivity index (χ0n) is 8.42. The molecule has 13 heavy (non-hydrogen) atoms. The summed E-state index contributed by atoms with van der Waals surface area (Å²) in [7, 11) is 0. The molecule has 0 radical (unpaired) electrons. The fourth-order valence-corrected chi connectivity index (χ4v) is 1.92. The van der Waals surface area contributed by atoms with E-state index in [4.69, 9.17) is 0 Å². The summed E-state index contributed by atoms with van der Waals surface area (Å²) in [6.45, 7) is 4.45. The van der Waals surface area contributed by atoms with Crippen LogP contribution in [0.15, 0.2) is 11.6 Å². The van der Waals surface area contributed by atoms with E-state index in [2.05, 4.69) is 24.1 Å². The second-order valence-electron chi connectivity index (χ2n) is 3.38. The highest BCUT2D eigenvalue weighted by Crippen LogP contribution is 2.14. The van der Waals surface area contributed by atoms with Gasteiger partial charge in [-0.15, -0.1) is 11.3 Å². The van der Waals surface area contributed by atoms with Gasteiger partial charge in [0.05, 0.1) is 0 Å². The molecule has 0 aliphatic carbocycles. The topological polar surface area (TPSA) is 24.9 Å². The highest BCUT2D eigenvalue weighted by atomic mass is 32.1. The van der Waals surface area contributed by atoms with E-state index in [1.54, 1.807) is 11.3 Å². The molecule has 0 fully saturated rings. The van der Waals surface area contributed by atoms with Gasteiger partial charge in [0.1, 0.15) is 0 Å². The quantitative estimate of drug-likeness (QED) is 0.707. The van der Waals surface area contributed by atoms with Crippen molar-refractivity contribution in [2.24, 2.45) is 0 Å². The highest BCUT2D eigenvalue weighted by molar-refractivity contribution is 7.13. The second kappa shape index (κ2) is 5.97. The Labute approximate surface area is 84.4 Å². The van der Waals surface area contributed by atoms with Crippen LogP contribution in [-0.2, 0) is 0 Å². The minimum absolute atomic E-state index is 0.553. The summed E-state index contributed by atoms with van der Waals surface area (Å²) in [5.74, 6) is 0. The van der Waals surface area contributed by atoms with Crippen LogP contribution in [0, 0.1) is 0 Å². The first kappa shape index (κ1) is 10.5. The number of aromatic nitrogens is 1. The van der Waals surface area contributed by atoms with Gasteiger partial charge in [-0.3, -0.25) is 0 Å². The summed E-state index contributed by atoms with van der Waals surface area (Å²) < 4.78 is 0. The van der Waals surface area contributed by atoms with Crippen molar-refractivity contribution in [2.45, 2.75) is 45.6 Å². The third kappa shape index (κ3) is 4.27. The molecule has 0 aliphatic heterocycles. The highest BCUT2D eigenvalue weighted by Gasteiger charge is 2.02. The molecule has 0 saturated carbocycles. The van der Waals surface area contributed by atoms with Gasteiger partial charge in [-0.25, -0.2) is 4.98 Å². The number of nitrogens with zero attached hydrogens (tertiary/aromatic N) is 1. The van der Waals surface area contributed by atoms with E-state index in [1.807, 2.05) is 11.6 Å². The van der Waals surface area contributed by atoms with Crippen molar-refractivity contribution in [3.05, 3.63) is 11.6 Å². The molecule has 0 spiro atoms. The van der Waals surface area contributed by atoms with E-state index in [9.17, 15) is 0 Å². The van der Waals surface area contributed by atoms with Crippen LogP contribution in [0.25, 0.3) is 0 Å². The first-order valence-corrected chi connectivity index (χ1v) is 5.87. The molecule has 1 rings (SSSR count). The molecule has 3 heteroatoms. The van der Waals surface area contributed by atoms with E-state index < -0.39 is 0 Å². The maximum absolute atomic E-state index is 4.19.